The highest BCUT2D eigenvalue weighted by atomic mass is 14.9. The summed E-state index contributed by atoms with van der Waals surface area (Å²) in [6, 6.07) is 3.95. The molecule has 0 aliphatic rings. The van der Waals surface area contributed by atoms with Crippen molar-refractivity contribution in [2.45, 2.75) is 51.9 Å². The van der Waals surface area contributed by atoms with Crippen LogP contribution in [0.15, 0.2) is 30.9 Å². The van der Waals surface area contributed by atoms with Gasteiger partial charge in [-0.2, -0.15) is 0 Å². The Morgan fingerprint density at radius 3 is 2.30 bits per heavy atom. The molecule has 0 saturated carbocycles. The minimum Gasteiger partial charge on any atom is -0.245 e. The molecular weight excluding hydrogens is 248 g/mol. The molecule has 0 aliphatic carbocycles. The van der Waals surface area contributed by atoms with Crippen molar-refractivity contribution in [2.24, 2.45) is 0 Å². The smallest absolute Gasteiger partial charge is 0.133 e. The highest BCUT2D eigenvalue weighted by Crippen LogP contribution is 2.26. The predicted molar refractivity (Wildman–Crippen MR) is 79.5 cm³/mol. The Labute approximate surface area is 120 Å². The molecule has 2 aromatic rings. The molecule has 0 atom stereocenters. The van der Waals surface area contributed by atoms with E-state index in [1.165, 1.54) is 0 Å². The minimum absolute atomic E-state index is 0.0327. The molecule has 0 radical (unpaired) electrons. The summed E-state index contributed by atoms with van der Waals surface area (Å²) in [6.45, 7) is 10.7. The summed E-state index contributed by atoms with van der Waals surface area (Å²) in [6.07, 6.45) is 6.05. The van der Waals surface area contributed by atoms with Gasteiger partial charge in [-0.15, -0.1) is 0 Å². The van der Waals surface area contributed by atoms with E-state index in [1.54, 1.807) is 12.5 Å². The second-order valence-corrected chi connectivity index (χ2v) is 6.78. The number of hydrogen-bond donors (Lipinski definition) is 0. The van der Waals surface area contributed by atoms with Crippen LogP contribution in [0.1, 0.15) is 51.8 Å². The third-order valence-electron chi connectivity index (χ3n) is 3.28. The summed E-state index contributed by atoms with van der Waals surface area (Å²) >= 11 is 0. The molecule has 0 spiro atoms. The van der Waals surface area contributed by atoms with E-state index < -0.39 is 0 Å². The molecular formula is C16H22N4. The van der Waals surface area contributed by atoms with Crippen molar-refractivity contribution in [3.8, 4) is 0 Å². The third kappa shape index (κ3) is 3.38. The normalized spacial score (nSPS) is 12.4. The number of nitrogens with zero attached hydrogens (tertiary/aromatic N) is 4. The van der Waals surface area contributed by atoms with Crippen molar-refractivity contribution >= 4 is 0 Å². The van der Waals surface area contributed by atoms with Gasteiger partial charge in [-0.1, -0.05) is 34.6 Å². The maximum Gasteiger partial charge on any atom is 0.133 e. The zero-order chi connectivity index (χ0) is 14.8. The Bertz CT molecular complexity index is 571. The first-order valence-corrected chi connectivity index (χ1v) is 6.88. The molecule has 0 amide bonds. The van der Waals surface area contributed by atoms with Crippen LogP contribution in [0.5, 0.6) is 0 Å². The number of aromatic nitrogens is 4. The van der Waals surface area contributed by atoms with Crippen molar-refractivity contribution in [2.75, 3.05) is 0 Å². The summed E-state index contributed by atoms with van der Waals surface area (Å²) < 4.78 is 0. The zero-order valence-corrected chi connectivity index (χ0v) is 12.9. The van der Waals surface area contributed by atoms with Crippen LogP contribution in [0, 0.1) is 0 Å². The fourth-order valence-electron chi connectivity index (χ4n) is 2.09. The van der Waals surface area contributed by atoms with Gasteiger partial charge in [0.2, 0.25) is 0 Å². The fourth-order valence-corrected chi connectivity index (χ4v) is 2.09. The minimum atomic E-state index is -0.0769. The van der Waals surface area contributed by atoms with Gasteiger partial charge in [-0.05, 0) is 12.1 Å². The van der Waals surface area contributed by atoms with E-state index in [1.807, 2.05) is 18.3 Å². The largest absolute Gasteiger partial charge is 0.245 e. The molecule has 0 saturated heterocycles. The van der Waals surface area contributed by atoms with Gasteiger partial charge in [0, 0.05) is 41.0 Å². The summed E-state index contributed by atoms with van der Waals surface area (Å²) in [4.78, 5) is 17.4. The molecule has 0 fully saturated rings. The van der Waals surface area contributed by atoms with Crippen LogP contribution in [0.2, 0.25) is 0 Å². The van der Waals surface area contributed by atoms with Gasteiger partial charge in [-0.3, -0.25) is 0 Å². The van der Waals surface area contributed by atoms with Gasteiger partial charge in [0.25, 0.3) is 0 Å². The van der Waals surface area contributed by atoms with Crippen LogP contribution in [0.3, 0.4) is 0 Å². The monoisotopic (exact) mass is 270 g/mol. The first-order chi connectivity index (χ1) is 9.29. The molecule has 4 heteroatoms. The lowest BCUT2D eigenvalue weighted by Crippen LogP contribution is -2.24. The van der Waals surface area contributed by atoms with E-state index >= 15 is 0 Å². The van der Waals surface area contributed by atoms with E-state index in [0.717, 1.165) is 23.6 Å². The maximum absolute atomic E-state index is 4.70. The SMILES string of the molecule is CC(C)(C)c1nccc(CC(C)(C)c2ccncn2)n1. The lowest BCUT2D eigenvalue weighted by molar-refractivity contribution is 0.487. The molecule has 2 aromatic heterocycles. The van der Waals surface area contributed by atoms with Crippen LogP contribution in [0.4, 0.5) is 0 Å². The van der Waals surface area contributed by atoms with Gasteiger partial charge < -0.3 is 0 Å². The van der Waals surface area contributed by atoms with Crippen LogP contribution >= 0.6 is 0 Å². The first kappa shape index (κ1) is 14.6. The summed E-state index contributed by atoms with van der Waals surface area (Å²) in [7, 11) is 0. The standard InChI is InChI=1S/C16H22N4/c1-15(2,3)14-18-9-6-12(20-14)10-16(4,5)13-7-8-17-11-19-13/h6-9,11H,10H2,1-5H3. The Kier molecular flexibility index (Phi) is 3.84. The lowest BCUT2D eigenvalue weighted by Gasteiger charge is -2.24. The van der Waals surface area contributed by atoms with Crippen molar-refractivity contribution in [1.29, 1.82) is 0 Å². The molecule has 0 unspecified atom stereocenters. The van der Waals surface area contributed by atoms with E-state index in [4.69, 9.17) is 4.98 Å². The van der Waals surface area contributed by atoms with Gasteiger partial charge in [0.05, 0.1) is 0 Å². The summed E-state index contributed by atoms with van der Waals surface area (Å²) in [5, 5.41) is 0. The first-order valence-electron chi connectivity index (χ1n) is 6.88. The van der Waals surface area contributed by atoms with Gasteiger partial charge in [0.1, 0.15) is 12.2 Å². The lowest BCUT2D eigenvalue weighted by atomic mass is 9.84. The van der Waals surface area contributed by atoms with Gasteiger partial charge in [0.15, 0.2) is 0 Å². The quantitative estimate of drug-likeness (QED) is 0.860. The van der Waals surface area contributed by atoms with Crippen LogP contribution < -0.4 is 0 Å². The third-order valence-corrected chi connectivity index (χ3v) is 3.28. The zero-order valence-electron chi connectivity index (χ0n) is 12.9. The molecule has 106 valence electrons. The molecule has 0 N–H and O–H groups in total. The summed E-state index contributed by atoms with van der Waals surface area (Å²) in [5.74, 6) is 0.883. The maximum atomic E-state index is 4.70. The van der Waals surface area contributed by atoms with Crippen molar-refractivity contribution in [3.05, 3.63) is 48.1 Å². The molecule has 2 rings (SSSR count). The van der Waals surface area contributed by atoms with Crippen LogP contribution in [-0.2, 0) is 17.3 Å². The second-order valence-electron chi connectivity index (χ2n) is 6.78. The van der Waals surface area contributed by atoms with Crippen LogP contribution in [0.25, 0.3) is 0 Å². The average molecular weight is 270 g/mol. The number of hydrogen-bond acceptors (Lipinski definition) is 4. The van der Waals surface area contributed by atoms with E-state index in [-0.39, 0.29) is 10.8 Å². The highest BCUT2D eigenvalue weighted by molar-refractivity contribution is 5.18. The molecule has 2 heterocycles. The Balaban J connectivity index is 2.26. The Morgan fingerprint density at radius 1 is 0.950 bits per heavy atom. The Morgan fingerprint density at radius 2 is 1.70 bits per heavy atom. The highest BCUT2D eigenvalue weighted by Gasteiger charge is 2.24. The molecule has 20 heavy (non-hydrogen) atoms. The van der Waals surface area contributed by atoms with E-state index in [0.29, 0.717) is 0 Å². The molecule has 0 bridgehead atoms. The average Bonchev–Trinajstić information content (AvgIpc) is 2.38. The number of rotatable bonds is 3. The predicted octanol–water partition coefficient (Wildman–Crippen LogP) is 3.08. The fraction of sp³-hybridized carbons (Fsp3) is 0.500. The van der Waals surface area contributed by atoms with E-state index in [2.05, 4.69) is 49.6 Å². The molecule has 4 nitrogen and oxygen atoms in total. The van der Waals surface area contributed by atoms with Crippen LogP contribution in [-0.4, -0.2) is 19.9 Å². The molecule has 0 aliphatic heterocycles. The Hall–Kier alpha value is -1.84. The van der Waals surface area contributed by atoms with E-state index in [9.17, 15) is 0 Å². The van der Waals surface area contributed by atoms with Crippen molar-refractivity contribution in [3.63, 3.8) is 0 Å². The topological polar surface area (TPSA) is 51.6 Å². The van der Waals surface area contributed by atoms with Crippen molar-refractivity contribution < 1.29 is 0 Å². The van der Waals surface area contributed by atoms with Crippen molar-refractivity contribution in [1.82, 2.24) is 19.9 Å². The van der Waals surface area contributed by atoms with Gasteiger partial charge in [-0.25, -0.2) is 19.9 Å². The second kappa shape index (κ2) is 5.27. The summed E-state index contributed by atoms with van der Waals surface area (Å²) in [5.41, 5.74) is 1.97. The molecule has 0 aromatic carbocycles. The van der Waals surface area contributed by atoms with Gasteiger partial charge >= 0.3 is 0 Å².